The maximum Gasteiger partial charge on any atom is 0.247 e. The van der Waals surface area contributed by atoms with Gasteiger partial charge in [-0.05, 0) is 30.7 Å². The van der Waals surface area contributed by atoms with Crippen LogP contribution in [0.15, 0.2) is 46.9 Å². The first-order valence-corrected chi connectivity index (χ1v) is 7.51. The van der Waals surface area contributed by atoms with E-state index in [-0.39, 0.29) is 0 Å². The molecule has 1 N–H and O–H groups in total. The van der Waals surface area contributed by atoms with E-state index in [0.717, 1.165) is 16.8 Å². The molecule has 3 aromatic rings. The van der Waals surface area contributed by atoms with E-state index in [1.165, 1.54) is 0 Å². The molecule has 0 amide bonds. The lowest BCUT2D eigenvalue weighted by Gasteiger charge is -2.11. The molecule has 0 saturated carbocycles. The van der Waals surface area contributed by atoms with Crippen LogP contribution in [0.4, 0.5) is 5.69 Å². The molecule has 0 fully saturated rings. The van der Waals surface area contributed by atoms with Gasteiger partial charge in [-0.1, -0.05) is 29.8 Å². The van der Waals surface area contributed by atoms with Gasteiger partial charge in [0, 0.05) is 16.7 Å². The SMILES string of the molecule is COc1cc(Cl)c(C)cc1NCc1nnc(-c2ccccc2)o1. The van der Waals surface area contributed by atoms with Crippen LogP contribution in [0.25, 0.3) is 11.5 Å². The van der Waals surface area contributed by atoms with E-state index in [0.29, 0.717) is 29.1 Å². The first-order valence-electron chi connectivity index (χ1n) is 7.13. The third-order valence-electron chi connectivity index (χ3n) is 3.40. The second-order valence-corrected chi connectivity index (χ2v) is 5.43. The number of nitrogens with one attached hydrogen (secondary N) is 1. The van der Waals surface area contributed by atoms with Crippen LogP contribution < -0.4 is 10.1 Å². The van der Waals surface area contributed by atoms with Crippen molar-refractivity contribution in [3.63, 3.8) is 0 Å². The summed E-state index contributed by atoms with van der Waals surface area (Å²) in [6.07, 6.45) is 0. The van der Waals surface area contributed by atoms with Crippen LogP contribution in [0, 0.1) is 6.92 Å². The number of hydrogen-bond donors (Lipinski definition) is 1. The van der Waals surface area contributed by atoms with E-state index >= 15 is 0 Å². The van der Waals surface area contributed by atoms with Gasteiger partial charge in [-0.15, -0.1) is 10.2 Å². The molecule has 0 spiro atoms. The topological polar surface area (TPSA) is 60.2 Å². The minimum atomic E-state index is 0.400. The average molecular weight is 330 g/mol. The molecule has 2 aromatic carbocycles. The number of aryl methyl sites for hydroxylation is 1. The molecule has 0 aliphatic rings. The van der Waals surface area contributed by atoms with E-state index in [1.807, 2.05) is 43.3 Å². The number of methoxy groups -OCH3 is 1. The van der Waals surface area contributed by atoms with Crippen LogP contribution in [0.5, 0.6) is 5.75 Å². The molecule has 3 rings (SSSR count). The Morgan fingerprint density at radius 3 is 2.70 bits per heavy atom. The highest BCUT2D eigenvalue weighted by Crippen LogP contribution is 2.31. The Bertz CT molecular complexity index is 803. The minimum Gasteiger partial charge on any atom is -0.495 e. The van der Waals surface area contributed by atoms with Gasteiger partial charge < -0.3 is 14.5 Å². The predicted octanol–water partition coefficient (Wildman–Crippen LogP) is 4.32. The summed E-state index contributed by atoms with van der Waals surface area (Å²) < 4.78 is 11.0. The van der Waals surface area contributed by atoms with Crippen molar-refractivity contribution in [2.75, 3.05) is 12.4 Å². The number of benzene rings is 2. The fourth-order valence-corrected chi connectivity index (χ4v) is 2.32. The monoisotopic (exact) mass is 329 g/mol. The number of aromatic nitrogens is 2. The van der Waals surface area contributed by atoms with E-state index in [2.05, 4.69) is 15.5 Å². The van der Waals surface area contributed by atoms with Gasteiger partial charge in [0.25, 0.3) is 0 Å². The summed E-state index contributed by atoms with van der Waals surface area (Å²) in [4.78, 5) is 0. The molecule has 0 saturated heterocycles. The van der Waals surface area contributed by atoms with E-state index in [4.69, 9.17) is 20.8 Å². The van der Waals surface area contributed by atoms with Gasteiger partial charge in [-0.2, -0.15) is 0 Å². The summed E-state index contributed by atoms with van der Waals surface area (Å²) in [6.45, 7) is 2.34. The highest BCUT2D eigenvalue weighted by molar-refractivity contribution is 6.31. The number of hydrogen-bond acceptors (Lipinski definition) is 5. The lowest BCUT2D eigenvalue weighted by molar-refractivity contribution is 0.416. The zero-order valence-electron chi connectivity index (χ0n) is 12.8. The van der Waals surface area contributed by atoms with Crippen molar-refractivity contribution in [1.82, 2.24) is 10.2 Å². The summed E-state index contributed by atoms with van der Waals surface area (Å²) >= 11 is 6.10. The first-order chi connectivity index (χ1) is 11.2. The number of ether oxygens (including phenoxy) is 1. The number of nitrogens with zero attached hydrogens (tertiary/aromatic N) is 2. The molecule has 23 heavy (non-hydrogen) atoms. The van der Waals surface area contributed by atoms with Crippen LogP contribution in [0.2, 0.25) is 5.02 Å². The summed E-state index contributed by atoms with van der Waals surface area (Å²) in [5.41, 5.74) is 2.69. The fraction of sp³-hybridized carbons (Fsp3) is 0.176. The van der Waals surface area contributed by atoms with Crippen LogP contribution in [-0.4, -0.2) is 17.3 Å². The van der Waals surface area contributed by atoms with Crippen LogP contribution >= 0.6 is 11.6 Å². The van der Waals surface area contributed by atoms with E-state index in [9.17, 15) is 0 Å². The molecule has 0 aliphatic heterocycles. The Kier molecular flexibility index (Phi) is 4.48. The zero-order valence-corrected chi connectivity index (χ0v) is 13.6. The lowest BCUT2D eigenvalue weighted by atomic mass is 10.2. The van der Waals surface area contributed by atoms with E-state index < -0.39 is 0 Å². The zero-order chi connectivity index (χ0) is 16.2. The van der Waals surface area contributed by atoms with Crippen molar-refractivity contribution in [3.05, 3.63) is 58.9 Å². The second-order valence-electron chi connectivity index (χ2n) is 5.02. The Morgan fingerprint density at radius 2 is 1.96 bits per heavy atom. The van der Waals surface area contributed by atoms with Gasteiger partial charge >= 0.3 is 0 Å². The lowest BCUT2D eigenvalue weighted by Crippen LogP contribution is -2.02. The summed E-state index contributed by atoms with van der Waals surface area (Å²) in [5, 5.41) is 12.0. The number of rotatable bonds is 5. The van der Waals surface area contributed by atoms with Crippen LogP contribution in [-0.2, 0) is 6.54 Å². The molecule has 0 aliphatic carbocycles. The molecule has 0 radical (unpaired) electrons. The molecule has 1 aromatic heterocycles. The Labute approximate surface area is 139 Å². The smallest absolute Gasteiger partial charge is 0.247 e. The Balaban J connectivity index is 1.74. The van der Waals surface area contributed by atoms with Crippen molar-refractivity contribution in [2.24, 2.45) is 0 Å². The van der Waals surface area contributed by atoms with Crippen molar-refractivity contribution >= 4 is 17.3 Å². The first kappa shape index (κ1) is 15.4. The fourth-order valence-electron chi connectivity index (χ4n) is 2.16. The summed E-state index contributed by atoms with van der Waals surface area (Å²) in [6, 6.07) is 13.4. The molecule has 0 bridgehead atoms. The Hall–Kier alpha value is -2.53. The molecular weight excluding hydrogens is 314 g/mol. The quantitative estimate of drug-likeness (QED) is 0.755. The van der Waals surface area contributed by atoms with Crippen molar-refractivity contribution in [1.29, 1.82) is 0 Å². The summed E-state index contributed by atoms with van der Waals surface area (Å²) in [7, 11) is 1.60. The number of anilines is 1. The largest absolute Gasteiger partial charge is 0.495 e. The molecule has 1 heterocycles. The molecule has 5 nitrogen and oxygen atoms in total. The highest BCUT2D eigenvalue weighted by atomic mass is 35.5. The highest BCUT2D eigenvalue weighted by Gasteiger charge is 2.10. The molecule has 0 unspecified atom stereocenters. The molecule has 6 heteroatoms. The summed E-state index contributed by atoms with van der Waals surface area (Å²) in [5.74, 6) is 1.67. The average Bonchev–Trinajstić information content (AvgIpc) is 3.05. The van der Waals surface area contributed by atoms with Crippen molar-refractivity contribution in [2.45, 2.75) is 13.5 Å². The third kappa shape index (κ3) is 3.46. The van der Waals surface area contributed by atoms with Gasteiger partial charge in [-0.3, -0.25) is 0 Å². The van der Waals surface area contributed by atoms with Crippen molar-refractivity contribution < 1.29 is 9.15 Å². The standard InChI is InChI=1S/C17H16ClN3O2/c1-11-8-14(15(22-2)9-13(11)18)19-10-16-20-21-17(23-16)12-6-4-3-5-7-12/h3-9,19H,10H2,1-2H3. The van der Waals surface area contributed by atoms with Crippen LogP contribution in [0.1, 0.15) is 11.5 Å². The van der Waals surface area contributed by atoms with E-state index in [1.54, 1.807) is 13.2 Å². The number of halogens is 1. The predicted molar refractivity (Wildman–Crippen MR) is 89.8 cm³/mol. The van der Waals surface area contributed by atoms with Gasteiger partial charge in [0.15, 0.2) is 0 Å². The third-order valence-corrected chi connectivity index (χ3v) is 3.81. The molecule has 0 atom stereocenters. The second kappa shape index (κ2) is 6.71. The van der Waals surface area contributed by atoms with Gasteiger partial charge in [0.1, 0.15) is 5.75 Å². The van der Waals surface area contributed by atoms with Gasteiger partial charge in [0.2, 0.25) is 11.8 Å². The van der Waals surface area contributed by atoms with Crippen molar-refractivity contribution in [3.8, 4) is 17.2 Å². The Morgan fingerprint density at radius 1 is 1.17 bits per heavy atom. The maximum atomic E-state index is 6.10. The van der Waals surface area contributed by atoms with Gasteiger partial charge in [0.05, 0.1) is 19.3 Å². The molecule has 118 valence electrons. The normalized spacial score (nSPS) is 10.6. The van der Waals surface area contributed by atoms with Gasteiger partial charge in [-0.25, -0.2) is 0 Å². The minimum absolute atomic E-state index is 0.400. The maximum absolute atomic E-state index is 6.10. The van der Waals surface area contributed by atoms with Crippen LogP contribution in [0.3, 0.4) is 0 Å². The molecular formula is C17H16ClN3O2.